The SMILES string of the molecule is CNc1ncc(-c2nc3cc(Br)ccc3o2)c2cc(NC(=O)C3CC3)ncc12. The lowest BCUT2D eigenvalue weighted by Crippen LogP contribution is -2.14. The van der Waals surface area contributed by atoms with Crippen LogP contribution in [0.1, 0.15) is 12.8 Å². The topological polar surface area (TPSA) is 92.9 Å². The molecule has 0 saturated heterocycles. The van der Waals surface area contributed by atoms with Crippen LogP contribution in [0.4, 0.5) is 11.6 Å². The van der Waals surface area contributed by atoms with Crippen molar-refractivity contribution >= 4 is 55.3 Å². The van der Waals surface area contributed by atoms with Gasteiger partial charge in [-0.2, -0.15) is 0 Å². The van der Waals surface area contributed by atoms with E-state index >= 15 is 0 Å². The van der Waals surface area contributed by atoms with Crippen molar-refractivity contribution in [2.45, 2.75) is 12.8 Å². The van der Waals surface area contributed by atoms with E-state index in [-0.39, 0.29) is 11.8 Å². The van der Waals surface area contributed by atoms with Crippen LogP contribution in [0, 0.1) is 5.92 Å². The zero-order valence-electron chi connectivity index (χ0n) is 15.0. The van der Waals surface area contributed by atoms with Gasteiger partial charge in [0.1, 0.15) is 17.2 Å². The lowest BCUT2D eigenvalue weighted by atomic mass is 10.1. The molecule has 1 aromatic carbocycles. The van der Waals surface area contributed by atoms with E-state index in [1.807, 2.05) is 24.3 Å². The Bertz CT molecular complexity index is 1230. The molecule has 1 amide bonds. The first-order chi connectivity index (χ1) is 13.6. The maximum absolute atomic E-state index is 12.1. The number of nitrogens with zero attached hydrogens (tertiary/aromatic N) is 3. The lowest BCUT2D eigenvalue weighted by Gasteiger charge is -2.10. The second-order valence-corrected chi connectivity index (χ2v) is 7.70. The molecule has 1 saturated carbocycles. The molecule has 3 heterocycles. The van der Waals surface area contributed by atoms with Crippen LogP contribution in [0.25, 0.3) is 33.3 Å². The number of fused-ring (bicyclic) bond motifs is 2. The van der Waals surface area contributed by atoms with Crippen molar-refractivity contribution in [1.29, 1.82) is 0 Å². The molecule has 2 N–H and O–H groups in total. The van der Waals surface area contributed by atoms with Crippen LogP contribution in [-0.4, -0.2) is 27.9 Å². The number of hydrogen-bond donors (Lipinski definition) is 2. The number of nitrogens with one attached hydrogen (secondary N) is 2. The molecule has 4 aromatic rings. The van der Waals surface area contributed by atoms with Crippen LogP contribution in [0.2, 0.25) is 0 Å². The molecule has 1 aliphatic rings. The third-order valence-corrected chi connectivity index (χ3v) is 5.28. The first kappa shape index (κ1) is 17.1. The summed E-state index contributed by atoms with van der Waals surface area (Å²) in [5.74, 6) is 1.81. The number of hydrogen-bond acceptors (Lipinski definition) is 6. The summed E-state index contributed by atoms with van der Waals surface area (Å²) in [7, 11) is 1.81. The molecular formula is C20H16BrN5O2. The number of rotatable bonds is 4. The Hall–Kier alpha value is -3.00. The minimum absolute atomic E-state index is 0.0167. The van der Waals surface area contributed by atoms with E-state index in [1.165, 1.54) is 0 Å². The molecule has 0 bridgehead atoms. The third kappa shape index (κ3) is 2.99. The van der Waals surface area contributed by atoms with Crippen LogP contribution >= 0.6 is 15.9 Å². The highest BCUT2D eigenvalue weighted by Gasteiger charge is 2.30. The lowest BCUT2D eigenvalue weighted by molar-refractivity contribution is -0.117. The molecule has 5 rings (SSSR count). The molecule has 3 aromatic heterocycles. The normalized spacial score (nSPS) is 13.8. The Morgan fingerprint density at radius 2 is 2.04 bits per heavy atom. The predicted molar refractivity (Wildman–Crippen MR) is 111 cm³/mol. The molecule has 1 aliphatic carbocycles. The average Bonchev–Trinajstić information content (AvgIpc) is 3.47. The first-order valence-corrected chi connectivity index (χ1v) is 9.75. The third-order valence-electron chi connectivity index (χ3n) is 4.79. The Labute approximate surface area is 168 Å². The number of halogens is 1. The minimum Gasteiger partial charge on any atom is -0.436 e. The van der Waals surface area contributed by atoms with Crippen LogP contribution in [0.15, 0.2) is 45.5 Å². The van der Waals surface area contributed by atoms with Crippen molar-refractivity contribution in [3.8, 4) is 11.5 Å². The van der Waals surface area contributed by atoms with Gasteiger partial charge in [0.05, 0.1) is 5.56 Å². The summed E-state index contributed by atoms with van der Waals surface area (Å²) in [6, 6.07) is 7.53. The fourth-order valence-corrected chi connectivity index (χ4v) is 3.51. The number of aromatic nitrogens is 3. The monoisotopic (exact) mass is 437 g/mol. The summed E-state index contributed by atoms with van der Waals surface area (Å²) in [6.07, 6.45) is 5.31. The second kappa shape index (κ2) is 6.56. The van der Waals surface area contributed by atoms with Gasteiger partial charge in [0, 0.05) is 40.6 Å². The van der Waals surface area contributed by atoms with E-state index in [1.54, 1.807) is 19.4 Å². The minimum atomic E-state index is 0.0167. The van der Waals surface area contributed by atoms with Gasteiger partial charge >= 0.3 is 0 Å². The molecule has 0 aliphatic heterocycles. The molecule has 0 spiro atoms. The van der Waals surface area contributed by atoms with Gasteiger partial charge in [-0.1, -0.05) is 15.9 Å². The van der Waals surface area contributed by atoms with Gasteiger partial charge in [0.2, 0.25) is 11.8 Å². The van der Waals surface area contributed by atoms with Crippen molar-refractivity contribution in [1.82, 2.24) is 15.0 Å². The number of carbonyl (C=O) groups is 1. The number of benzene rings is 1. The van der Waals surface area contributed by atoms with Crippen molar-refractivity contribution in [2.24, 2.45) is 5.92 Å². The van der Waals surface area contributed by atoms with Crippen molar-refractivity contribution in [2.75, 3.05) is 17.7 Å². The van der Waals surface area contributed by atoms with Gasteiger partial charge in [0.25, 0.3) is 0 Å². The number of oxazole rings is 1. The van der Waals surface area contributed by atoms with E-state index in [4.69, 9.17) is 4.42 Å². The molecule has 140 valence electrons. The van der Waals surface area contributed by atoms with Crippen LogP contribution in [-0.2, 0) is 4.79 Å². The Morgan fingerprint density at radius 1 is 1.18 bits per heavy atom. The summed E-state index contributed by atoms with van der Waals surface area (Å²) < 4.78 is 6.89. The van der Waals surface area contributed by atoms with Gasteiger partial charge in [-0.25, -0.2) is 15.0 Å². The highest BCUT2D eigenvalue weighted by atomic mass is 79.9. The average molecular weight is 438 g/mol. The van der Waals surface area contributed by atoms with Crippen LogP contribution in [0.3, 0.4) is 0 Å². The van der Waals surface area contributed by atoms with Crippen LogP contribution in [0.5, 0.6) is 0 Å². The van der Waals surface area contributed by atoms with E-state index in [0.717, 1.165) is 39.2 Å². The summed E-state index contributed by atoms with van der Waals surface area (Å²) in [6.45, 7) is 0. The molecule has 0 radical (unpaired) electrons. The van der Waals surface area contributed by atoms with Gasteiger partial charge < -0.3 is 15.1 Å². The van der Waals surface area contributed by atoms with Crippen LogP contribution < -0.4 is 10.6 Å². The maximum atomic E-state index is 12.1. The van der Waals surface area contributed by atoms with Gasteiger partial charge in [-0.3, -0.25) is 4.79 Å². The van der Waals surface area contributed by atoms with E-state index < -0.39 is 0 Å². The second-order valence-electron chi connectivity index (χ2n) is 6.78. The molecule has 28 heavy (non-hydrogen) atoms. The zero-order chi connectivity index (χ0) is 19.3. The number of carbonyl (C=O) groups excluding carboxylic acids is 1. The van der Waals surface area contributed by atoms with Gasteiger partial charge in [-0.05, 0) is 37.1 Å². The Kier molecular flexibility index (Phi) is 4.01. The molecule has 1 fully saturated rings. The summed E-state index contributed by atoms with van der Waals surface area (Å²) >= 11 is 3.45. The molecular weight excluding hydrogens is 422 g/mol. The van der Waals surface area contributed by atoms with Crippen molar-refractivity contribution < 1.29 is 9.21 Å². The Balaban J connectivity index is 1.66. The smallest absolute Gasteiger partial charge is 0.229 e. The maximum Gasteiger partial charge on any atom is 0.229 e. The quantitative estimate of drug-likeness (QED) is 0.484. The van der Waals surface area contributed by atoms with Crippen molar-refractivity contribution in [3.63, 3.8) is 0 Å². The van der Waals surface area contributed by atoms with E-state index in [0.29, 0.717) is 23.1 Å². The number of amides is 1. The fourth-order valence-electron chi connectivity index (χ4n) is 3.16. The van der Waals surface area contributed by atoms with Gasteiger partial charge in [0.15, 0.2) is 5.58 Å². The number of anilines is 2. The molecule has 0 unspecified atom stereocenters. The number of pyridine rings is 2. The first-order valence-electron chi connectivity index (χ1n) is 8.96. The molecule has 8 heteroatoms. The molecule has 0 atom stereocenters. The highest BCUT2D eigenvalue weighted by molar-refractivity contribution is 9.10. The predicted octanol–water partition coefficient (Wildman–Crippen LogP) is 4.59. The Morgan fingerprint density at radius 3 is 2.82 bits per heavy atom. The molecule has 7 nitrogen and oxygen atoms in total. The zero-order valence-corrected chi connectivity index (χ0v) is 16.6. The fraction of sp³-hybridized carbons (Fsp3) is 0.200. The van der Waals surface area contributed by atoms with Crippen molar-refractivity contribution in [3.05, 3.63) is 41.1 Å². The van der Waals surface area contributed by atoms with E-state index in [2.05, 4.69) is 41.5 Å². The summed E-state index contributed by atoms with van der Waals surface area (Å²) in [5, 5.41) is 7.65. The standard InChI is InChI=1S/C20H16BrN5O2/c1-22-18-13-8-23-17(26-19(27)10-2-3-10)7-12(13)14(9-24-18)20-25-15-6-11(21)4-5-16(15)28-20/h4-10H,2-3H2,1H3,(H,22,24)(H,23,26,27). The largest absolute Gasteiger partial charge is 0.436 e. The van der Waals surface area contributed by atoms with E-state index in [9.17, 15) is 4.79 Å². The summed E-state index contributed by atoms with van der Waals surface area (Å²) in [4.78, 5) is 25.6. The highest BCUT2D eigenvalue weighted by Crippen LogP contribution is 2.35. The summed E-state index contributed by atoms with van der Waals surface area (Å²) in [5.41, 5.74) is 2.19. The van der Waals surface area contributed by atoms with Gasteiger partial charge in [-0.15, -0.1) is 0 Å².